The van der Waals surface area contributed by atoms with E-state index in [1.54, 1.807) is 12.1 Å². The van der Waals surface area contributed by atoms with E-state index in [0.717, 1.165) is 17.2 Å². The van der Waals surface area contributed by atoms with Crippen molar-refractivity contribution in [3.8, 4) is 5.75 Å². The number of hydrazone groups is 1. The van der Waals surface area contributed by atoms with E-state index in [2.05, 4.69) is 44.5 Å². The van der Waals surface area contributed by atoms with Crippen LogP contribution in [0.1, 0.15) is 51.0 Å². The lowest BCUT2D eigenvalue weighted by atomic mass is 9.95. The molecule has 4 nitrogen and oxygen atoms in total. The van der Waals surface area contributed by atoms with Gasteiger partial charge in [0.1, 0.15) is 23.9 Å². The summed E-state index contributed by atoms with van der Waals surface area (Å²) >= 11 is 0. The number of amidine groups is 1. The van der Waals surface area contributed by atoms with Crippen LogP contribution in [-0.2, 0) is 5.41 Å². The van der Waals surface area contributed by atoms with Gasteiger partial charge < -0.3 is 9.64 Å². The van der Waals surface area contributed by atoms with Crippen molar-refractivity contribution in [3.63, 3.8) is 0 Å². The Hall–Kier alpha value is -1.87. The van der Waals surface area contributed by atoms with Crippen molar-refractivity contribution >= 4 is 15.1 Å². The second kappa shape index (κ2) is 8.47. The maximum atomic E-state index is 14.0. The Morgan fingerprint density at radius 1 is 1.17 bits per heavy atom. The number of nitrogens with zero attached hydrogens (tertiary/aromatic N) is 3. The highest BCUT2D eigenvalue weighted by molar-refractivity contribution is 7.18. The zero-order valence-electron chi connectivity index (χ0n) is 17.4. The first-order valence-electron chi connectivity index (χ1n) is 10.6. The van der Waals surface area contributed by atoms with Crippen LogP contribution in [0.2, 0.25) is 0 Å². The van der Waals surface area contributed by atoms with E-state index in [1.165, 1.54) is 45.4 Å². The summed E-state index contributed by atoms with van der Waals surface area (Å²) in [5.41, 5.74) is 1.69. The minimum Gasteiger partial charge on any atom is -0.489 e. The Bertz CT molecular complexity index is 804. The van der Waals surface area contributed by atoms with Gasteiger partial charge in [0.2, 0.25) is 0 Å². The molecule has 0 N–H and O–H groups in total. The monoisotopic (exact) mass is 415 g/mol. The maximum Gasteiger partial charge on any atom is 0.161 e. The number of fused-ring (bicyclic) bond motifs is 1. The summed E-state index contributed by atoms with van der Waals surface area (Å²) in [4.78, 5) is 2.32. The first-order chi connectivity index (χ1) is 13.9. The van der Waals surface area contributed by atoms with Crippen molar-refractivity contribution in [1.29, 1.82) is 0 Å². The second-order valence-electron chi connectivity index (χ2n) is 8.49. The summed E-state index contributed by atoms with van der Waals surface area (Å²) in [6.45, 7) is 1.97. The molecule has 0 bridgehead atoms. The number of rotatable bonds is 5. The van der Waals surface area contributed by atoms with E-state index in [4.69, 9.17) is 9.84 Å². The lowest BCUT2D eigenvalue weighted by molar-refractivity contribution is 0.113. The van der Waals surface area contributed by atoms with E-state index < -0.39 is 5.41 Å². The Labute approximate surface area is 175 Å². The average molecular weight is 415 g/mol. The van der Waals surface area contributed by atoms with Gasteiger partial charge in [0.15, 0.2) is 5.84 Å². The third-order valence-corrected chi connectivity index (χ3v) is 6.46. The largest absolute Gasteiger partial charge is 0.489 e. The molecule has 3 atom stereocenters. The van der Waals surface area contributed by atoms with Crippen molar-refractivity contribution in [2.24, 2.45) is 11.0 Å². The fourth-order valence-electron chi connectivity index (χ4n) is 4.57. The standard InChI is InChI=1S/C23H31FN3OP/c1-23(24,29)19-11-13-20(14-12-19)28-16-18-10-7-15-27-21(18)25-26(2)22(27)17-8-5-3-4-6-9-17/h7,10-15,17,22H,3-6,8-9,16,29H2,1-2H3. The summed E-state index contributed by atoms with van der Waals surface area (Å²) < 4.78 is 20.0. The van der Waals surface area contributed by atoms with E-state index in [1.807, 2.05) is 12.1 Å². The van der Waals surface area contributed by atoms with Gasteiger partial charge in [-0.2, -0.15) is 5.10 Å². The van der Waals surface area contributed by atoms with E-state index in [0.29, 0.717) is 24.3 Å². The SMILES string of the molecule is CN1N=C2C(COc3ccc(C(C)(F)P)cc3)=CC=CN2C1C1CCCCCC1. The Morgan fingerprint density at radius 2 is 1.86 bits per heavy atom. The van der Waals surface area contributed by atoms with Crippen LogP contribution in [0.3, 0.4) is 0 Å². The lowest BCUT2D eigenvalue weighted by Gasteiger charge is -2.35. The molecule has 3 aliphatic rings. The molecule has 2 aliphatic heterocycles. The zero-order chi connectivity index (χ0) is 20.4. The number of halogens is 1. The summed E-state index contributed by atoms with van der Waals surface area (Å²) in [6.07, 6.45) is 14.5. The third-order valence-electron chi connectivity index (χ3n) is 6.13. The molecule has 2 heterocycles. The van der Waals surface area contributed by atoms with Gasteiger partial charge >= 0.3 is 0 Å². The Morgan fingerprint density at radius 3 is 2.52 bits per heavy atom. The minimum atomic E-state index is -1.42. The van der Waals surface area contributed by atoms with Crippen LogP contribution >= 0.6 is 9.24 Å². The molecule has 1 aromatic rings. The smallest absolute Gasteiger partial charge is 0.161 e. The number of allylic oxidation sites excluding steroid dienone is 2. The summed E-state index contributed by atoms with van der Waals surface area (Å²) in [5, 5.41) is 5.57. The van der Waals surface area contributed by atoms with Gasteiger partial charge in [-0.15, -0.1) is 0 Å². The van der Waals surface area contributed by atoms with Gasteiger partial charge in [-0.25, -0.2) is 4.39 Å². The molecular formula is C23H31FN3OP. The maximum absolute atomic E-state index is 14.0. The predicted molar refractivity (Wildman–Crippen MR) is 119 cm³/mol. The highest BCUT2D eigenvalue weighted by Gasteiger charge is 2.38. The summed E-state index contributed by atoms with van der Waals surface area (Å²) in [6, 6.07) is 7.19. The van der Waals surface area contributed by atoms with Crippen LogP contribution in [0.4, 0.5) is 4.39 Å². The van der Waals surface area contributed by atoms with E-state index in [-0.39, 0.29) is 0 Å². The molecule has 1 aliphatic carbocycles. The summed E-state index contributed by atoms with van der Waals surface area (Å²) in [5.74, 6) is 2.36. The molecule has 1 aromatic carbocycles. The van der Waals surface area contributed by atoms with Crippen molar-refractivity contribution in [1.82, 2.24) is 9.91 Å². The number of ether oxygens (including phenoxy) is 1. The average Bonchev–Trinajstić information content (AvgIpc) is 2.86. The molecular weight excluding hydrogens is 384 g/mol. The molecule has 1 saturated carbocycles. The lowest BCUT2D eigenvalue weighted by Crippen LogP contribution is -2.44. The number of alkyl halides is 1. The highest BCUT2D eigenvalue weighted by atomic mass is 31.0. The molecule has 0 amide bonds. The van der Waals surface area contributed by atoms with Crippen LogP contribution < -0.4 is 4.74 Å². The topological polar surface area (TPSA) is 28.1 Å². The molecule has 3 unspecified atom stereocenters. The van der Waals surface area contributed by atoms with Crippen molar-refractivity contribution < 1.29 is 9.13 Å². The molecule has 6 heteroatoms. The van der Waals surface area contributed by atoms with Crippen molar-refractivity contribution in [3.05, 3.63) is 53.8 Å². The zero-order valence-corrected chi connectivity index (χ0v) is 18.5. The number of benzene rings is 1. The molecule has 0 spiro atoms. The fraction of sp³-hybridized carbons (Fsp3) is 0.522. The molecule has 0 radical (unpaired) electrons. The van der Waals surface area contributed by atoms with E-state index in [9.17, 15) is 4.39 Å². The first kappa shape index (κ1) is 20.4. The molecule has 0 saturated heterocycles. The van der Waals surface area contributed by atoms with Crippen LogP contribution in [0, 0.1) is 5.92 Å². The Kier molecular flexibility index (Phi) is 5.96. The number of hydrogen-bond acceptors (Lipinski definition) is 4. The molecule has 29 heavy (non-hydrogen) atoms. The van der Waals surface area contributed by atoms with Crippen molar-refractivity contribution in [2.75, 3.05) is 13.7 Å². The quantitative estimate of drug-likeness (QED) is 0.477. The number of hydrogen-bond donors (Lipinski definition) is 0. The Balaban J connectivity index is 1.43. The van der Waals surface area contributed by atoms with Crippen LogP contribution in [0.15, 0.2) is 53.3 Å². The van der Waals surface area contributed by atoms with Crippen LogP contribution in [0.5, 0.6) is 5.75 Å². The highest BCUT2D eigenvalue weighted by Crippen LogP contribution is 2.35. The predicted octanol–water partition coefficient (Wildman–Crippen LogP) is 5.39. The third kappa shape index (κ3) is 4.50. The van der Waals surface area contributed by atoms with Gasteiger partial charge in [-0.3, -0.25) is 5.01 Å². The molecule has 0 aromatic heterocycles. The van der Waals surface area contributed by atoms with Crippen molar-refractivity contribution in [2.45, 2.75) is 57.0 Å². The normalized spacial score (nSPS) is 24.5. The summed E-state index contributed by atoms with van der Waals surface area (Å²) in [7, 11) is 4.31. The van der Waals surface area contributed by atoms with Gasteiger partial charge in [0.25, 0.3) is 0 Å². The van der Waals surface area contributed by atoms with Gasteiger partial charge in [0, 0.05) is 18.8 Å². The minimum absolute atomic E-state index is 0.298. The molecule has 1 fully saturated rings. The second-order valence-corrected chi connectivity index (χ2v) is 9.58. The van der Waals surface area contributed by atoms with Gasteiger partial charge in [-0.05, 0) is 49.5 Å². The van der Waals surface area contributed by atoms with E-state index >= 15 is 0 Å². The molecule has 4 rings (SSSR count). The van der Waals surface area contributed by atoms with Crippen LogP contribution in [0.25, 0.3) is 0 Å². The van der Waals surface area contributed by atoms with Gasteiger partial charge in [-0.1, -0.05) is 53.1 Å². The first-order valence-corrected chi connectivity index (χ1v) is 11.2. The fourth-order valence-corrected chi connectivity index (χ4v) is 4.77. The van der Waals surface area contributed by atoms with Gasteiger partial charge in [0.05, 0.1) is 0 Å². The van der Waals surface area contributed by atoms with Crippen LogP contribution in [-0.4, -0.2) is 35.6 Å². The molecule has 156 valence electrons.